The maximum absolute atomic E-state index is 6.25. The van der Waals surface area contributed by atoms with Gasteiger partial charge in [0.2, 0.25) is 5.95 Å². The molecule has 0 saturated carbocycles. The topological polar surface area (TPSA) is 84.9 Å². The first-order valence-electron chi connectivity index (χ1n) is 10.00. The molecule has 1 aliphatic heterocycles. The SMILES string of the molecule is NC1CCN(c2nc(Nc3cn(-c4ccccc4)cn3)c3cc(Cl)ccc3n2)CC1. The maximum Gasteiger partial charge on any atom is 0.227 e. The minimum absolute atomic E-state index is 0.250. The largest absolute Gasteiger partial charge is 0.341 e. The average molecular weight is 420 g/mol. The molecule has 0 spiro atoms. The number of hydrogen-bond donors (Lipinski definition) is 2. The third kappa shape index (κ3) is 3.81. The zero-order valence-corrected chi connectivity index (χ0v) is 17.1. The van der Waals surface area contributed by atoms with Gasteiger partial charge in [-0.25, -0.2) is 9.97 Å². The maximum atomic E-state index is 6.25. The van der Waals surface area contributed by atoms with E-state index in [-0.39, 0.29) is 6.04 Å². The van der Waals surface area contributed by atoms with Gasteiger partial charge in [0, 0.05) is 35.2 Å². The highest BCUT2D eigenvalue weighted by Gasteiger charge is 2.20. The van der Waals surface area contributed by atoms with Crippen LogP contribution >= 0.6 is 11.6 Å². The number of para-hydroxylation sites is 1. The van der Waals surface area contributed by atoms with Gasteiger partial charge in [-0.15, -0.1) is 0 Å². The quantitative estimate of drug-likeness (QED) is 0.517. The summed E-state index contributed by atoms with van der Waals surface area (Å²) >= 11 is 6.25. The molecule has 0 radical (unpaired) electrons. The van der Waals surface area contributed by atoms with E-state index in [4.69, 9.17) is 27.3 Å². The van der Waals surface area contributed by atoms with Crippen LogP contribution in [0.25, 0.3) is 16.6 Å². The second-order valence-electron chi connectivity index (χ2n) is 7.48. The molecule has 0 amide bonds. The number of nitrogens with two attached hydrogens (primary N) is 1. The van der Waals surface area contributed by atoms with Gasteiger partial charge in [0.1, 0.15) is 18.0 Å². The molecule has 3 N–H and O–H groups in total. The van der Waals surface area contributed by atoms with Crippen molar-refractivity contribution >= 4 is 40.1 Å². The average Bonchev–Trinajstić information content (AvgIpc) is 3.24. The standard InChI is InChI=1S/C22H22ClN7/c23-15-6-7-19-18(12-15)21(28-22(26-19)29-10-8-16(24)9-11-29)27-20-13-30(14-25-20)17-4-2-1-3-5-17/h1-7,12-14,16H,8-11,24H2,(H,26,27,28). The van der Waals surface area contributed by atoms with Crippen LogP contribution in [0, 0.1) is 0 Å². The molecule has 1 aliphatic rings. The Balaban J connectivity index is 1.51. The Morgan fingerprint density at radius 3 is 2.63 bits per heavy atom. The lowest BCUT2D eigenvalue weighted by Gasteiger charge is -2.30. The van der Waals surface area contributed by atoms with Crippen LogP contribution in [-0.4, -0.2) is 38.7 Å². The first-order valence-corrected chi connectivity index (χ1v) is 10.4. The molecule has 8 heteroatoms. The number of anilines is 3. The van der Waals surface area contributed by atoms with E-state index in [1.54, 1.807) is 6.33 Å². The van der Waals surface area contributed by atoms with E-state index in [1.807, 2.05) is 59.3 Å². The molecule has 4 aromatic rings. The number of nitrogens with zero attached hydrogens (tertiary/aromatic N) is 5. The molecule has 3 heterocycles. The predicted octanol–water partition coefficient (Wildman–Crippen LogP) is 4.14. The minimum atomic E-state index is 0.250. The Kier molecular flexibility index (Phi) is 4.98. The number of aromatic nitrogens is 4. The lowest BCUT2D eigenvalue weighted by Crippen LogP contribution is -2.40. The number of benzene rings is 2. The molecule has 0 unspecified atom stereocenters. The van der Waals surface area contributed by atoms with E-state index < -0.39 is 0 Å². The van der Waals surface area contributed by atoms with E-state index in [2.05, 4.69) is 15.2 Å². The van der Waals surface area contributed by atoms with Crippen molar-refractivity contribution in [2.24, 2.45) is 5.73 Å². The van der Waals surface area contributed by atoms with Crippen LogP contribution in [0.15, 0.2) is 61.1 Å². The van der Waals surface area contributed by atoms with Gasteiger partial charge < -0.3 is 20.5 Å². The zero-order chi connectivity index (χ0) is 20.5. The third-order valence-corrected chi connectivity index (χ3v) is 5.59. The van der Waals surface area contributed by atoms with E-state index in [1.165, 1.54) is 0 Å². The molecule has 1 saturated heterocycles. The molecule has 30 heavy (non-hydrogen) atoms. The summed E-state index contributed by atoms with van der Waals surface area (Å²) in [7, 11) is 0. The molecule has 2 aromatic heterocycles. The van der Waals surface area contributed by atoms with Crippen molar-refractivity contribution < 1.29 is 0 Å². The number of imidazole rings is 1. The number of piperidine rings is 1. The van der Waals surface area contributed by atoms with Crippen LogP contribution in [0.3, 0.4) is 0 Å². The second-order valence-corrected chi connectivity index (χ2v) is 7.92. The van der Waals surface area contributed by atoms with Crippen molar-refractivity contribution in [3.63, 3.8) is 0 Å². The molecule has 0 atom stereocenters. The summed E-state index contributed by atoms with van der Waals surface area (Å²) < 4.78 is 1.96. The third-order valence-electron chi connectivity index (χ3n) is 5.35. The molecule has 2 aromatic carbocycles. The van der Waals surface area contributed by atoms with Gasteiger partial charge >= 0.3 is 0 Å². The van der Waals surface area contributed by atoms with Gasteiger partial charge in [0.25, 0.3) is 0 Å². The van der Waals surface area contributed by atoms with Gasteiger partial charge in [-0.2, -0.15) is 4.98 Å². The zero-order valence-electron chi connectivity index (χ0n) is 16.4. The molecule has 0 bridgehead atoms. The minimum Gasteiger partial charge on any atom is -0.341 e. The summed E-state index contributed by atoms with van der Waals surface area (Å²) in [5.74, 6) is 2.08. The Morgan fingerprint density at radius 1 is 1.03 bits per heavy atom. The lowest BCUT2D eigenvalue weighted by molar-refractivity contribution is 0.496. The number of halogens is 1. The number of nitrogens with one attached hydrogen (secondary N) is 1. The summed E-state index contributed by atoms with van der Waals surface area (Å²) in [5.41, 5.74) is 7.94. The Bertz CT molecular complexity index is 1170. The van der Waals surface area contributed by atoms with Crippen LogP contribution in [0.1, 0.15) is 12.8 Å². The normalized spacial score (nSPS) is 14.9. The fourth-order valence-electron chi connectivity index (χ4n) is 3.67. The Hall–Kier alpha value is -3.16. The van der Waals surface area contributed by atoms with Crippen molar-refractivity contribution in [2.75, 3.05) is 23.3 Å². The number of hydrogen-bond acceptors (Lipinski definition) is 6. The van der Waals surface area contributed by atoms with Crippen molar-refractivity contribution in [3.05, 3.63) is 66.1 Å². The van der Waals surface area contributed by atoms with Gasteiger partial charge in [0.05, 0.1) is 11.7 Å². The smallest absolute Gasteiger partial charge is 0.227 e. The Morgan fingerprint density at radius 2 is 1.83 bits per heavy atom. The molecular weight excluding hydrogens is 398 g/mol. The van der Waals surface area contributed by atoms with E-state index in [9.17, 15) is 0 Å². The Labute approximate surface area is 179 Å². The highest BCUT2D eigenvalue weighted by atomic mass is 35.5. The lowest BCUT2D eigenvalue weighted by atomic mass is 10.1. The molecule has 152 valence electrons. The van der Waals surface area contributed by atoms with Crippen molar-refractivity contribution in [1.82, 2.24) is 19.5 Å². The predicted molar refractivity (Wildman–Crippen MR) is 121 cm³/mol. The number of rotatable bonds is 4. The van der Waals surface area contributed by atoms with Crippen LogP contribution in [-0.2, 0) is 0 Å². The van der Waals surface area contributed by atoms with Crippen molar-refractivity contribution in [1.29, 1.82) is 0 Å². The van der Waals surface area contributed by atoms with E-state index >= 15 is 0 Å². The summed E-state index contributed by atoms with van der Waals surface area (Å²) in [6, 6.07) is 16.0. The summed E-state index contributed by atoms with van der Waals surface area (Å²) in [6.07, 6.45) is 5.59. The molecular formula is C22H22ClN7. The van der Waals surface area contributed by atoms with Crippen LogP contribution in [0.2, 0.25) is 5.02 Å². The van der Waals surface area contributed by atoms with Crippen molar-refractivity contribution in [3.8, 4) is 5.69 Å². The highest BCUT2D eigenvalue weighted by Crippen LogP contribution is 2.29. The fourth-order valence-corrected chi connectivity index (χ4v) is 3.85. The molecule has 1 fully saturated rings. The number of fused-ring (bicyclic) bond motifs is 1. The van der Waals surface area contributed by atoms with Crippen LogP contribution < -0.4 is 16.0 Å². The summed E-state index contributed by atoms with van der Waals surface area (Å²) in [6.45, 7) is 1.70. The molecule has 5 rings (SSSR count). The van der Waals surface area contributed by atoms with E-state index in [0.29, 0.717) is 22.6 Å². The summed E-state index contributed by atoms with van der Waals surface area (Å²) in [5, 5.41) is 4.85. The molecule has 7 nitrogen and oxygen atoms in total. The van der Waals surface area contributed by atoms with Gasteiger partial charge in [-0.3, -0.25) is 0 Å². The van der Waals surface area contributed by atoms with Gasteiger partial charge in [-0.1, -0.05) is 29.8 Å². The van der Waals surface area contributed by atoms with Crippen LogP contribution in [0.4, 0.5) is 17.6 Å². The highest BCUT2D eigenvalue weighted by molar-refractivity contribution is 6.31. The van der Waals surface area contributed by atoms with Crippen LogP contribution in [0.5, 0.6) is 0 Å². The van der Waals surface area contributed by atoms with Crippen molar-refractivity contribution in [2.45, 2.75) is 18.9 Å². The molecule has 0 aliphatic carbocycles. The van der Waals surface area contributed by atoms with E-state index in [0.717, 1.165) is 42.5 Å². The first-order chi connectivity index (χ1) is 14.7. The summed E-state index contributed by atoms with van der Waals surface area (Å²) in [4.78, 5) is 16.3. The fraction of sp³-hybridized carbons (Fsp3) is 0.227. The van der Waals surface area contributed by atoms with Gasteiger partial charge in [-0.05, 0) is 43.2 Å². The van der Waals surface area contributed by atoms with Gasteiger partial charge in [0.15, 0.2) is 0 Å². The first kappa shape index (κ1) is 18.8. The monoisotopic (exact) mass is 419 g/mol. The second kappa shape index (κ2) is 7.93.